The van der Waals surface area contributed by atoms with E-state index in [0.29, 0.717) is 18.7 Å². The van der Waals surface area contributed by atoms with E-state index >= 15 is 0 Å². The molecule has 0 radical (unpaired) electrons. The summed E-state index contributed by atoms with van der Waals surface area (Å²) in [7, 11) is 0. The third-order valence-corrected chi connectivity index (χ3v) is 4.33. The van der Waals surface area contributed by atoms with E-state index in [1.54, 1.807) is 18.2 Å². The average Bonchev–Trinajstić information content (AvgIpc) is 2.95. The number of phenolic OH excluding ortho intramolecular Hbond substituents is 1. The van der Waals surface area contributed by atoms with Crippen molar-refractivity contribution in [3.63, 3.8) is 0 Å². The molecule has 1 fully saturated rings. The molecule has 0 saturated carbocycles. The van der Waals surface area contributed by atoms with Crippen molar-refractivity contribution in [3.05, 3.63) is 47.2 Å². The molecule has 1 aromatic carbocycles. The standard InChI is InChI=1S/C17H21N3O3/c1-12-3-4-14(21)9-15(12)17(22)20-7-5-19(6-8-20)10-16-13(2)23-11-18-16/h3-4,9,11,21H,5-8,10H2,1-2H3. The van der Waals surface area contributed by atoms with Crippen molar-refractivity contribution in [2.75, 3.05) is 26.2 Å². The first-order valence-electron chi connectivity index (χ1n) is 7.75. The first kappa shape index (κ1) is 15.6. The zero-order valence-corrected chi connectivity index (χ0v) is 13.5. The Hall–Kier alpha value is -2.34. The van der Waals surface area contributed by atoms with Gasteiger partial charge in [-0.2, -0.15) is 0 Å². The van der Waals surface area contributed by atoms with Gasteiger partial charge in [0.05, 0.1) is 5.69 Å². The Labute approximate surface area is 135 Å². The number of hydrogen-bond donors (Lipinski definition) is 1. The number of piperazine rings is 1. The second kappa shape index (κ2) is 6.42. The number of carbonyl (C=O) groups excluding carboxylic acids is 1. The van der Waals surface area contributed by atoms with Crippen LogP contribution >= 0.6 is 0 Å². The molecule has 0 bridgehead atoms. The molecule has 1 N–H and O–H groups in total. The molecule has 2 heterocycles. The second-order valence-electron chi connectivity index (χ2n) is 5.92. The van der Waals surface area contributed by atoms with Gasteiger partial charge in [0.25, 0.3) is 5.91 Å². The number of carbonyl (C=O) groups is 1. The van der Waals surface area contributed by atoms with Crippen LogP contribution < -0.4 is 0 Å². The SMILES string of the molecule is Cc1ccc(O)cc1C(=O)N1CCN(Cc2ncoc2C)CC1. The van der Waals surface area contributed by atoms with Crippen molar-refractivity contribution in [1.29, 1.82) is 0 Å². The Morgan fingerprint density at radius 3 is 2.65 bits per heavy atom. The van der Waals surface area contributed by atoms with Crippen molar-refractivity contribution in [1.82, 2.24) is 14.8 Å². The van der Waals surface area contributed by atoms with E-state index in [-0.39, 0.29) is 11.7 Å². The lowest BCUT2D eigenvalue weighted by Gasteiger charge is -2.34. The van der Waals surface area contributed by atoms with Gasteiger partial charge in [0.15, 0.2) is 6.39 Å². The molecule has 6 nitrogen and oxygen atoms in total. The fourth-order valence-electron chi connectivity index (χ4n) is 2.81. The van der Waals surface area contributed by atoms with Crippen LogP contribution in [0, 0.1) is 13.8 Å². The molecule has 1 aromatic heterocycles. The highest BCUT2D eigenvalue weighted by Gasteiger charge is 2.24. The Bertz CT molecular complexity index is 703. The van der Waals surface area contributed by atoms with Gasteiger partial charge in [-0.05, 0) is 31.5 Å². The van der Waals surface area contributed by atoms with Crippen LogP contribution in [0.4, 0.5) is 0 Å². The molecule has 0 unspecified atom stereocenters. The fraction of sp³-hybridized carbons (Fsp3) is 0.412. The van der Waals surface area contributed by atoms with E-state index < -0.39 is 0 Å². The number of benzene rings is 1. The molecule has 1 amide bonds. The minimum Gasteiger partial charge on any atom is -0.508 e. The van der Waals surface area contributed by atoms with E-state index in [2.05, 4.69) is 9.88 Å². The van der Waals surface area contributed by atoms with Crippen molar-refractivity contribution in [3.8, 4) is 5.75 Å². The third-order valence-electron chi connectivity index (χ3n) is 4.33. The number of aromatic hydroxyl groups is 1. The van der Waals surface area contributed by atoms with Crippen LogP contribution in [0.25, 0.3) is 0 Å². The van der Waals surface area contributed by atoms with Gasteiger partial charge in [-0.15, -0.1) is 0 Å². The van der Waals surface area contributed by atoms with E-state index in [1.807, 2.05) is 18.7 Å². The summed E-state index contributed by atoms with van der Waals surface area (Å²) in [4.78, 5) is 20.9. The summed E-state index contributed by atoms with van der Waals surface area (Å²) in [5.74, 6) is 0.952. The number of rotatable bonds is 3. The van der Waals surface area contributed by atoms with Crippen LogP contribution in [0.5, 0.6) is 5.75 Å². The molecule has 1 saturated heterocycles. The van der Waals surface area contributed by atoms with Crippen LogP contribution in [0.3, 0.4) is 0 Å². The van der Waals surface area contributed by atoms with Crippen molar-refractivity contribution in [2.45, 2.75) is 20.4 Å². The predicted molar refractivity (Wildman–Crippen MR) is 85.3 cm³/mol. The number of oxazole rings is 1. The lowest BCUT2D eigenvalue weighted by atomic mass is 10.1. The highest BCUT2D eigenvalue weighted by molar-refractivity contribution is 5.96. The molecule has 2 aromatic rings. The lowest BCUT2D eigenvalue weighted by Crippen LogP contribution is -2.48. The summed E-state index contributed by atoms with van der Waals surface area (Å²) >= 11 is 0. The first-order valence-corrected chi connectivity index (χ1v) is 7.75. The number of phenols is 1. The maximum absolute atomic E-state index is 12.6. The normalized spacial score (nSPS) is 15.8. The topological polar surface area (TPSA) is 69.8 Å². The molecule has 6 heteroatoms. The summed E-state index contributed by atoms with van der Waals surface area (Å²) < 4.78 is 5.22. The predicted octanol–water partition coefficient (Wildman–Crippen LogP) is 1.96. The van der Waals surface area contributed by atoms with E-state index in [9.17, 15) is 9.90 Å². The van der Waals surface area contributed by atoms with Gasteiger partial charge in [-0.1, -0.05) is 6.07 Å². The molecule has 0 spiro atoms. The molecule has 122 valence electrons. The summed E-state index contributed by atoms with van der Waals surface area (Å²) in [6.45, 7) is 7.49. The smallest absolute Gasteiger partial charge is 0.254 e. The molecule has 23 heavy (non-hydrogen) atoms. The number of nitrogens with zero attached hydrogens (tertiary/aromatic N) is 3. The lowest BCUT2D eigenvalue weighted by molar-refractivity contribution is 0.0625. The van der Waals surface area contributed by atoms with E-state index in [0.717, 1.165) is 36.7 Å². The summed E-state index contributed by atoms with van der Waals surface area (Å²) in [6.07, 6.45) is 1.47. The molecule has 1 aliphatic rings. The fourth-order valence-corrected chi connectivity index (χ4v) is 2.81. The van der Waals surface area contributed by atoms with Gasteiger partial charge >= 0.3 is 0 Å². The van der Waals surface area contributed by atoms with Crippen LogP contribution in [-0.2, 0) is 6.54 Å². The molecular formula is C17H21N3O3. The second-order valence-corrected chi connectivity index (χ2v) is 5.92. The van der Waals surface area contributed by atoms with Gasteiger partial charge < -0.3 is 14.4 Å². The van der Waals surface area contributed by atoms with Gasteiger partial charge in [0.1, 0.15) is 11.5 Å². The number of amides is 1. The largest absolute Gasteiger partial charge is 0.508 e. The first-order chi connectivity index (χ1) is 11.0. The van der Waals surface area contributed by atoms with Gasteiger partial charge in [-0.25, -0.2) is 4.98 Å². The molecule has 0 aliphatic carbocycles. The maximum atomic E-state index is 12.6. The summed E-state index contributed by atoms with van der Waals surface area (Å²) in [6, 6.07) is 4.92. The molecular weight excluding hydrogens is 294 g/mol. The quantitative estimate of drug-likeness (QED) is 0.937. The van der Waals surface area contributed by atoms with E-state index in [4.69, 9.17) is 4.42 Å². The van der Waals surface area contributed by atoms with Crippen LogP contribution in [0.15, 0.2) is 29.0 Å². The monoisotopic (exact) mass is 315 g/mol. The minimum atomic E-state index is -0.0179. The van der Waals surface area contributed by atoms with Gasteiger partial charge in [-0.3, -0.25) is 9.69 Å². The number of hydrogen-bond acceptors (Lipinski definition) is 5. The van der Waals surface area contributed by atoms with Crippen molar-refractivity contribution < 1.29 is 14.3 Å². The Kier molecular flexibility index (Phi) is 4.34. The number of aromatic nitrogens is 1. The van der Waals surface area contributed by atoms with Gasteiger partial charge in [0.2, 0.25) is 0 Å². The summed E-state index contributed by atoms with van der Waals surface area (Å²) in [5.41, 5.74) is 2.41. The summed E-state index contributed by atoms with van der Waals surface area (Å²) in [5, 5.41) is 9.60. The highest BCUT2D eigenvalue weighted by atomic mass is 16.3. The highest BCUT2D eigenvalue weighted by Crippen LogP contribution is 2.19. The third kappa shape index (κ3) is 3.37. The molecule has 1 aliphatic heterocycles. The van der Waals surface area contributed by atoms with E-state index in [1.165, 1.54) is 6.39 Å². The van der Waals surface area contributed by atoms with Crippen LogP contribution in [0.2, 0.25) is 0 Å². The molecule has 0 atom stereocenters. The van der Waals surface area contributed by atoms with Crippen LogP contribution in [0.1, 0.15) is 27.4 Å². The maximum Gasteiger partial charge on any atom is 0.254 e. The molecule has 3 rings (SSSR count). The number of aryl methyl sites for hydroxylation is 2. The average molecular weight is 315 g/mol. The Morgan fingerprint density at radius 2 is 2.00 bits per heavy atom. The zero-order chi connectivity index (χ0) is 16.4. The van der Waals surface area contributed by atoms with Crippen molar-refractivity contribution in [2.24, 2.45) is 0 Å². The minimum absolute atomic E-state index is 0.0179. The van der Waals surface area contributed by atoms with Gasteiger partial charge in [0, 0.05) is 38.3 Å². The zero-order valence-electron chi connectivity index (χ0n) is 13.5. The van der Waals surface area contributed by atoms with Crippen molar-refractivity contribution >= 4 is 5.91 Å². The van der Waals surface area contributed by atoms with Crippen LogP contribution in [-0.4, -0.2) is 52.0 Å². The Morgan fingerprint density at radius 1 is 1.26 bits per heavy atom. The Balaban J connectivity index is 1.61.